The Bertz CT molecular complexity index is 401. The van der Waals surface area contributed by atoms with Crippen LogP contribution in [0.5, 0.6) is 0 Å². The number of amides is 2. The second kappa shape index (κ2) is 5.60. The van der Waals surface area contributed by atoms with Gasteiger partial charge in [-0.05, 0) is 31.6 Å². The van der Waals surface area contributed by atoms with Crippen LogP contribution in [0.3, 0.4) is 0 Å². The molecule has 0 aromatic rings. The van der Waals surface area contributed by atoms with Gasteiger partial charge in [-0.1, -0.05) is 13.8 Å². The van der Waals surface area contributed by atoms with E-state index >= 15 is 0 Å². The number of carbonyl (C=O) groups is 2. The smallest absolute Gasteiger partial charge is 0.315 e. The zero-order valence-corrected chi connectivity index (χ0v) is 12.3. The summed E-state index contributed by atoms with van der Waals surface area (Å²) >= 11 is 0. The van der Waals surface area contributed by atoms with Crippen molar-refractivity contribution in [2.24, 2.45) is 17.3 Å². The van der Waals surface area contributed by atoms with E-state index in [-0.39, 0.29) is 25.3 Å². The van der Waals surface area contributed by atoms with Crippen LogP contribution in [0.4, 0.5) is 4.79 Å². The molecule has 0 bridgehead atoms. The molecule has 0 spiro atoms. The minimum Gasteiger partial charge on any atom is -0.481 e. The predicted octanol–water partition coefficient (Wildman–Crippen LogP) is 1.21. The molecule has 5 unspecified atom stereocenters. The van der Waals surface area contributed by atoms with E-state index < -0.39 is 17.4 Å². The van der Waals surface area contributed by atoms with Gasteiger partial charge in [0.05, 0.1) is 19.3 Å². The minimum atomic E-state index is -1.05. The molecule has 0 aromatic heterocycles. The Kier molecular flexibility index (Phi) is 4.22. The number of hydrogen-bond acceptors (Lipinski definition) is 3. The zero-order chi connectivity index (χ0) is 14.9. The summed E-state index contributed by atoms with van der Waals surface area (Å²) in [7, 11) is 0. The van der Waals surface area contributed by atoms with E-state index in [0.717, 1.165) is 12.8 Å². The Labute approximate surface area is 119 Å². The summed E-state index contributed by atoms with van der Waals surface area (Å²) in [5, 5.41) is 15.0. The van der Waals surface area contributed by atoms with Crippen molar-refractivity contribution >= 4 is 12.0 Å². The van der Waals surface area contributed by atoms with E-state index in [9.17, 15) is 14.7 Å². The molecule has 5 atom stereocenters. The molecule has 1 saturated carbocycles. The van der Waals surface area contributed by atoms with Crippen molar-refractivity contribution in [2.75, 3.05) is 13.2 Å². The first-order valence-electron chi connectivity index (χ1n) is 7.22. The number of hydrogen-bond donors (Lipinski definition) is 3. The number of ether oxygens (including phenoxy) is 1. The van der Waals surface area contributed by atoms with Gasteiger partial charge in [-0.3, -0.25) is 4.79 Å². The first kappa shape index (κ1) is 15.1. The second-order valence-electron chi connectivity index (χ2n) is 6.43. The van der Waals surface area contributed by atoms with Crippen LogP contribution in [0.25, 0.3) is 0 Å². The van der Waals surface area contributed by atoms with Crippen molar-refractivity contribution in [2.45, 2.75) is 45.7 Å². The van der Waals surface area contributed by atoms with Gasteiger partial charge in [0, 0.05) is 6.04 Å². The highest BCUT2D eigenvalue weighted by atomic mass is 16.5. The van der Waals surface area contributed by atoms with Crippen molar-refractivity contribution in [3.05, 3.63) is 0 Å². The zero-order valence-electron chi connectivity index (χ0n) is 12.3. The molecule has 1 heterocycles. The third-order valence-corrected chi connectivity index (χ3v) is 5.03. The molecule has 2 amide bonds. The summed E-state index contributed by atoms with van der Waals surface area (Å²) in [5.41, 5.74) is -1.05. The summed E-state index contributed by atoms with van der Waals surface area (Å²) in [4.78, 5) is 23.4. The van der Waals surface area contributed by atoms with Crippen LogP contribution in [0, 0.1) is 17.3 Å². The van der Waals surface area contributed by atoms with Crippen molar-refractivity contribution in [1.29, 1.82) is 0 Å². The minimum absolute atomic E-state index is 0.129. The molecule has 6 nitrogen and oxygen atoms in total. The van der Waals surface area contributed by atoms with E-state index in [2.05, 4.69) is 24.5 Å². The van der Waals surface area contributed by atoms with Gasteiger partial charge in [-0.2, -0.15) is 0 Å². The number of urea groups is 1. The molecule has 3 N–H and O–H groups in total. The molecular weight excluding hydrogens is 260 g/mol. The Morgan fingerprint density at radius 1 is 1.25 bits per heavy atom. The largest absolute Gasteiger partial charge is 0.481 e. The van der Waals surface area contributed by atoms with Gasteiger partial charge in [0.25, 0.3) is 0 Å². The third kappa shape index (κ3) is 2.75. The number of carboxylic acids is 1. The molecule has 2 aliphatic rings. The van der Waals surface area contributed by atoms with Gasteiger partial charge >= 0.3 is 12.0 Å². The number of rotatable bonds is 3. The molecular formula is C14H24N2O4. The van der Waals surface area contributed by atoms with Crippen molar-refractivity contribution in [1.82, 2.24) is 10.6 Å². The van der Waals surface area contributed by atoms with Crippen molar-refractivity contribution < 1.29 is 19.4 Å². The molecule has 1 saturated heterocycles. The van der Waals surface area contributed by atoms with Crippen molar-refractivity contribution in [3.63, 3.8) is 0 Å². The van der Waals surface area contributed by atoms with Crippen LogP contribution in [-0.4, -0.2) is 42.4 Å². The van der Waals surface area contributed by atoms with E-state index in [0.29, 0.717) is 11.8 Å². The van der Waals surface area contributed by atoms with Crippen LogP contribution < -0.4 is 10.6 Å². The SMILES string of the molecule is CC1CCC(NC(=O)NC2COCC2(C)C(=O)O)C1C. The Balaban J connectivity index is 1.90. The fourth-order valence-electron chi connectivity index (χ4n) is 3.02. The fraction of sp³-hybridized carbons (Fsp3) is 0.857. The lowest BCUT2D eigenvalue weighted by Crippen LogP contribution is -2.54. The van der Waals surface area contributed by atoms with Crippen LogP contribution in [-0.2, 0) is 9.53 Å². The topological polar surface area (TPSA) is 87.7 Å². The summed E-state index contributed by atoms with van der Waals surface area (Å²) in [6, 6.07) is -0.614. The average Bonchev–Trinajstić information content (AvgIpc) is 2.89. The van der Waals surface area contributed by atoms with Gasteiger partial charge in [-0.25, -0.2) is 4.79 Å². The highest BCUT2D eigenvalue weighted by Crippen LogP contribution is 2.31. The maximum atomic E-state index is 12.0. The summed E-state index contributed by atoms with van der Waals surface area (Å²) in [6.45, 7) is 6.31. The lowest BCUT2D eigenvalue weighted by Gasteiger charge is -2.27. The maximum Gasteiger partial charge on any atom is 0.315 e. The van der Waals surface area contributed by atoms with E-state index in [1.165, 1.54) is 0 Å². The lowest BCUT2D eigenvalue weighted by molar-refractivity contribution is -0.148. The van der Waals surface area contributed by atoms with E-state index in [1.807, 2.05) is 0 Å². The van der Waals surface area contributed by atoms with Gasteiger partial charge in [0.15, 0.2) is 0 Å². The molecule has 0 radical (unpaired) electrons. The summed E-state index contributed by atoms with van der Waals surface area (Å²) in [5.74, 6) is 0.119. The third-order valence-electron chi connectivity index (χ3n) is 5.03. The predicted molar refractivity (Wildman–Crippen MR) is 73.4 cm³/mol. The Morgan fingerprint density at radius 3 is 2.50 bits per heavy atom. The van der Waals surface area contributed by atoms with Crippen molar-refractivity contribution in [3.8, 4) is 0 Å². The highest BCUT2D eigenvalue weighted by molar-refractivity contribution is 5.79. The molecule has 0 aromatic carbocycles. The molecule has 114 valence electrons. The quantitative estimate of drug-likeness (QED) is 0.727. The van der Waals surface area contributed by atoms with Crippen LogP contribution in [0.15, 0.2) is 0 Å². The maximum absolute atomic E-state index is 12.0. The second-order valence-corrected chi connectivity index (χ2v) is 6.43. The molecule has 1 aliphatic heterocycles. The average molecular weight is 284 g/mol. The number of carboxylic acid groups (broad SMARTS) is 1. The number of aliphatic carboxylic acids is 1. The van der Waals surface area contributed by atoms with Gasteiger partial charge in [0.2, 0.25) is 0 Å². The fourth-order valence-corrected chi connectivity index (χ4v) is 3.02. The molecule has 2 fully saturated rings. The monoisotopic (exact) mass is 284 g/mol. The van der Waals surface area contributed by atoms with E-state index in [1.54, 1.807) is 6.92 Å². The highest BCUT2D eigenvalue weighted by Gasteiger charge is 2.47. The molecule has 20 heavy (non-hydrogen) atoms. The summed E-state index contributed by atoms with van der Waals surface area (Å²) < 4.78 is 5.22. The normalized spacial score (nSPS) is 40.5. The molecule has 1 aliphatic carbocycles. The summed E-state index contributed by atoms with van der Waals surface area (Å²) in [6.07, 6.45) is 2.10. The molecule has 2 rings (SSSR count). The Hall–Kier alpha value is -1.30. The first-order chi connectivity index (χ1) is 9.34. The van der Waals surface area contributed by atoms with Crippen LogP contribution >= 0.6 is 0 Å². The van der Waals surface area contributed by atoms with Crippen LogP contribution in [0.1, 0.15) is 33.6 Å². The number of carbonyl (C=O) groups excluding carboxylic acids is 1. The van der Waals surface area contributed by atoms with Gasteiger partial charge < -0.3 is 20.5 Å². The number of nitrogens with one attached hydrogen (secondary N) is 2. The molecule has 6 heteroatoms. The van der Waals surface area contributed by atoms with E-state index in [4.69, 9.17) is 4.74 Å². The lowest BCUT2D eigenvalue weighted by atomic mass is 9.85. The standard InChI is InChI=1S/C14H24N2O4/c1-8-4-5-10(9(8)2)15-13(19)16-11-6-20-7-14(11,3)12(17)18/h8-11H,4-7H2,1-3H3,(H,17,18)(H2,15,16,19). The van der Waals surface area contributed by atoms with Gasteiger partial charge in [0.1, 0.15) is 5.41 Å². The first-order valence-corrected chi connectivity index (χ1v) is 7.22. The van der Waals surface area contributed by atoms with Gasteiger partial charge in [-0.15, -0.1) is 0 Å². The van der Waals surface area contributed by atoms with Crippen LogP contribution in [0.2, 0.25) is 0 Å². The Morgan fingerprint density at radius 2 is 1.95 bits per heavy atom.